The van der Waals surface area contributed by atoms with Gasteiger partial charge in [0.15, 0.2) is 5.69 Å². The molecule has 2 aromatic carbocycles. The number of amides is 1. The van der Waals surface area contributed by atoms with Gasteiger partial charge in [0.1, 0.15) is 11.5 Å². The highest BCUT2D eigenvalue weighted by atomic mass is 19.4. The Labute approximate surface area is 190 Å². The van der Waals surface area contributed by atoms with Gasteiger partial charge in [-0.15, -0.1) is 0 Å². The molecule has 3 N–H and O–H groups in total. The maximum atomic E-state index is 13.4. The van der Waals surface area contributed by atoms with Gasteiger partial charge in [-0.05, 0) is 47.9 Å². The number of carbonyl (C=O) groups excluding carboxylic acids is 1. The highest BCUT2D eigenvalue weighted by molar-refractivity contribution is 6.03. The third-order valence-electron chi connectivity index (χ3n) is 5.19. The summed E-state index contributed by atoms with van der Waals surface area (Å²) in [4.78, 5) is 21.0. The van der Waals surface area contributed by atoms with Gasteiger partial charge in [-0.3, -0.25) is 4.79 Å². The SMILES string of the molecule is Nc1nccc2ccc(-n3nc(C(F)(F)F)cc3C(=O)Nc3ccc(-n4ccnc4)cc3)cc12. The molecule has 0 bridgehead atoms. The van der Waals surface area contributed by atoms with Gasteiger partial charge >= 0.3 is 6.18 Å². The van der Waals surface area contributed by atoms with E-state index in [9.17, 15) is 18.0 Å². The number of hydrogen-bond acceptors (Lipinski definition) is 5. The maximum Gasteiger partial charge on any atom is 0.435 e. The van der Waals surface area contributed by atoms with Crippen molar-refractivity contribution in [1.82, 2.24) is 24.3 Å². The van der Waals surface area contributed by atoms with E-state index >= 15 is 0 Å². The van der Waals surface area contributed by atoms with E-state index in [1.165, 1.54) is 6.20 Å². The van der Waals surface area contributed by atoms with Crippen molar-refractivity contribution in [2.24, 2.45) is 0 Å². The number of imidazole rings is 1. The minimum absolute atomic E-state index is 0.214. The highest BCUT2D eigenvalue weighted by Crippen LogP contribution is 2.31. The van der Waals surface area contributed by atoms with Gasteiger partial charge in [0.2, 0.25) is 0 Å². The number of benzene rings is 2. The van der Waals surface area contributed by atoms with Crippen LogP contribution in [0.4, 0.5) is 24.7 Å². The number of nitrogens with zero attached hydrogens (tertiary/aromatic N) is 5. The minimum atomic E-state index is -4.73. The standard InChI is InChI=1S/C23H16F3N7O/c24-23(25,26)20-12-19(22(34)30-15-2-5-16(6-3-15)32-10-9-28-13-32)33(31-20)17-4-1-14-7-8-29-21(27)18(14)11-17/h1-13H,(H2,27,29)(H,30,34). The van der Waals surface area contributed by atoms with E-state index in [-0.39, 0.29) is 17.2 Å². The monoisotopic (exact) mass is 463 g/mol. The number of rotatable bonds is 4. The van der Waals surface area contributed by atoms with Gasteiger partial charge < -0.3 is 15.6 Å². The number of nitrogens with two attached hydrogens (primary N) is 1. The van der Waals surface area contributed by atoms with Crippen LogP contribution >= 0.6 is 0 Å². The van der Waals surface area contributed by atoms with Crippen LogP contribution in [0.2, 0.25) is 0 Å². The summed E-state index contributed by atoms with van der Waals surface area (Å²) in [6, 6.07) is 14.0. The molecule has 0 aliphatic rings. The van der Waals surface area contributed by atoms with Gasteiger partial charge in [0.25, 0.3) is 5.91 Å². The first-order valence-corrected chi connectivity index (χ1v) is 10.0. The van der Waals surface area contributed by atoms with Gasteiger partial charge in [-0.25, -0.2) is 14.6 Å². The molecular weight excluding hydrogens is 447 g/mol. The highest BCUT2D eigenvalue weighted by Gasteiger charge is 2.36. The average molecular weight is 463 g/mol. The fourth-order valence-corrected chi connectivity index (χ4v) is 3.51. The number of nitrogens with one attached hydrogen (secondary N) is 1. The van der Waals surface area contributed by atoms with Crippen molar-refractivity contribution in [2.75, 3.05) is 11.1 Å². The Hall–Kier alpha value is -4.67. The molecule has 0 unspecified atom stereocenters. The van der Waals surface area contributed by atoms with E-state index in [1.54, 1.807) is 71.8 Å². The first kappa shape index (κ1) is 21.2. The molecule has 3 heterocycles. The summed E-state index contributed by atoms with van der Waals surface area (Å²) >= 11 is 0. The Morgan fingerprint density at radius 2 is 1.74 bits per heavy atom. The largest absolute Gasteiger partial charge is 0.435 e. The zero-order chi connectivity index (χ0) is 23.9. The second-order valence-electron chi connectivity index (χ2n) is 7.40. The molecule has 11 heteroatoms. The van der Waals surface area contributed by atoms with E-state index in [2.05, 4.69) is 20.4 Å². The van der Waals surface area contributed by atoms with E-state index in [0.717, 1.165) is 15.8 Å². The smallest absolute Gasteiger partial charge is 0.383 e. The lowest BCUT2D eigenvalue weighted by Crippen LogP contribution is -2.17. The number of carbonyl (C=O) groups is 1. The summed E-state index contributed by atoms with van der Waals surface area (Å²) in [5, 5.41) is 7.57. The van der Waals surface area contributed by atoms with Crippen molar-refractivity contribution in [3.8, 4) is 11.4 Å². The lowest BCUT2D eigenvalue weighted by atomic mass is 10.1. The maximum absolute atomic E-state index is 13.4. The summed E-state index contributed by atoms with van der Waals surface area (Å²) < 4.78 is 43.0. The Morgan fingerprint density at radius 1 is 0.971 bits per heavy atom. The number of fused-ring (bicyclic) bond motifs is 1. The van der Waals surface area contributed by atoms with Crippen LogP contribution in [-0.2, 0) is 6.18 Å². The van der Waals surface area contributed by atoms with E-state index in [0.29, 0.717) is 17.1 Å². The molecule has 1 amide bonds. The summed E-state index contributed by atoms with van der Waals surface area (Å²) in [7, 11) is 0. The predicted octanol–water partition coefficient (Wildman–Crippen LogP) is 4.46. The quantitative estimate of drug-likeness (QED) is 0.410. The zero-order valence-corrected chi connectivity index (χ0v) is 17.4. The summed E-state index contributed by atoms with van der Waals surface area (Å²) in [5.74, 6) is -0.538. The Balaban J connectivity index is 1.51. The third-order valence-corrected chi connectivity index (χ3v) is 5.19. The molecule has 170 valence electrons. The summed E-state index contributed by atoms with van der Waals surface area (Å²) in [5.41, 5.74) is 5.90. The van der Waals surface area contributed by atoms with E-state index in [4.69, 9.17) is 5.73 Å². The molecule has 3 aromatic heterocycles. The van der Waals surface area contributed by atoms with Crippen LogP contribution < -0.4 is 11.1 Å². The van der Waals surface area contributed by atoms with Crippen molar-refractivity contribution >= 4 is 28.2 Å². The molecular formula is C23H16F3N7O. The minimum Gasteiger partial charge on any atom is -0.383 e. The first-order valence-electron chi connectivity index (χ1n) is 10.0. The lowest BCUT2D eigenvalue weighted by Gasteiger charge is -2.10. The molecule has 0 saturated heterocycles. The number of anilines is 2. The average Bonchev–Trinajstić information content (AvgIpc) is 3.50. The van der Waals surface area contributed by atoms with Crippen LogP contribution in [0.3, 0.4) is 0 Å². The van der Waals surface area contributed by atoms with Crippen molar-refractivity contribution in [1.29, 1.82) is 0 Å². The van der Waals surface area contributed by atoms with Crippen LogP contribution in [0.25, 0.3) is 22.1 Å². The Kier molecular flexibility index (Phi) is 5.01. The topological polar surface area (TPSA) is 104 Å². The predicted molar refractivity (Wildman–Crippen MR) is 120 cm³/mol. The normalized spacial score (nSPS) is 11.6. The van der Waals surface area contributed by atoms with Crippen LogP contribution in [0.1, 0.15) is 16.2 Å². The number of hydrogen-bond donors (Lipinski definition) is 2. The molecule has 0 radical (unpaired) electrons. The second-order valence-corrected chi connectivity index (χ2v) is 7.40. The molecule has 5 aromatic rings. The number of nitrogen functional groups attached to an aromatic ring is 1. The van der Waals surface area contributed by atoms with Crippen molar-refractivity contribution < 1.29 is 18.0 Å². The van der Waals surface area contributed by atoms with Crippen molar-refractivity contribution in [3.05, 3.63) is 90.9 Å². The van der Waals surface area contributed by atoms with Gasteiger partial charge in [0, 0.05) is 41.4 Å². The molecule has 0 saturated carbocycles. The molecule has 0 spiro atoms. The van der Waals surface area contributed by atoms with Crippen LogP contribution in [0.15, 0.2) is 79.5 Å². The van der Waals surface area contributed by atoms with Gasteiger partial charge in [-0.2, -0.15) is 18.3 Å². The number of aromatic nitrogens is 5. The summed E-state index contributed by atoms with van der Waals surface area (Å²) in [6.07, 6.45) is 1.81. The Bertz CT molecular complexity index is 1490. The van der Waals surface area contributed by atoms with Crippen molar-refractivity contribution in [3.63, 3.8) is 0 Å². The van der Waals surface area contributed by atoms with Gasteiger partial charge in [-0.1, -0.05) is 6.07 Å². The van der Waals surface area contributed by atoms with E-state index < -0.39 is 17.8 Å². The Morgan fingerprint density at radius 3 is 2.44 bits per heavy atom. The molecule has 0 aliphatic heterocycles. The molecule has 34 heavy (non-hydrogen) atoms. The number of pyridine rings is 1. The molecule has 8 nitrogen and oxygen atoms in total. The lowest BCUT2D eigenvalue weighted by molar-refractivity contribution is -0.141. The van der Waals surface area contributed by atoms with Crippen molar-refractivity contribution in [2.45, 2.75) is 6.18 Å². The van der Waals surface area contributed by atoms with Crippen LogP contribution in [0.5, 0.6) is 0 Å². The molecule has 0 aliphatic carbocycles. The fourth-order valence-electron chi connectivity index (χ4n) is 3.51. The van der Waals surface area contributed by atoms with E-state index in [1.807, 2.05) is 0 Å². The van der Waals surface area contributed by atoms with Crippen LogP contribution in [-0.4, -0.2) is 30.2 Å². The molecule has 0 fully saturated rings. The summed E-state index contributed by atoms with van der Waals surface area (Å²) in [6.45, 7) is 0. The zero-order valence-electron chi connectivity index (χ0n) is 17.4. The van der Waals surface area contributed by atoms with Crippen LogP contribution in [0, 0.1) is 0 Å². The van der Waals surface area contributed by atoms with Gasteiger partial charge in [0.05, 0.1) is 12.0 Å². The first-order chi connectivity index (χ1) is 16.3. The fraction of sp³-hybridized carbons (Fsp3) is 0.0435. The molecule has 0 atom stereocenters. The second kappa shape index (κ2) is 8.03. The third kappa shape index (κ3) is 3.94. The number of halogens is 3. The molecule has 5 rings (SSSR count). The number of alkyl halides is 3.